The quantitative estimate of drug-likeness (QED) is 0.652. The van der Waals surface area contributed by atoms with Crippen molar-refractivity contribution in [3.8, 4) is 0 Å². The maximum absolute atomic E-state index is 13.5. The van der Waals surface area contributed by atoms with Gasteiger partial charge in [-0.25, -0.2) is 9.18 Å². The van der Waals surface area contributed by atoms with Crippen molar-refractivity contribution in [2.75, 3.05) is 19.6 Å². The second kappa shape index (κ2) is 9.10. The summed E-state index contributed by atoms with van der Waals surface area (Å²) < 4.78 is 13.1. The summed E-state index contributed by atoms with van der Waals surface area (Å²) in [6, 6.07) is 13.4. The molecule has 2 fully saturated rings. The van der Waals surface area contributed by atoms with E-state index in [1.165, 1.54) is 12.1 Å². The highest BCUT2D eigenvalue weighted by molar-refractivity contribution is 6.30. The first-order chi connectivity index (χ1) is 16.5. The largest absolute Gasteiger partial charge is 0.351 e. The molecule has 2 N–H and O–H groups in total. The molecule has 3 amide bonds. The minimum absolute atomic E-state index is 0.0731. The van der Waals surface area contributed by atoms with Crippen molar-refractivity contribution in [3.63, 3.8) is 0 Å². The zero-order valence-electron chi connectivity index (χ0n) is 18.5. The molecular formula is C25H25ClFN5O2. The molecule has 9 heteroatoms. The maximum atomic E-state index is 13.5. The van der Waals surface area contributed by atoms with Gasteiger partial charge in [-0.1, -0.05) is 35.9 Å². The van der Waals surface area contributed by atoms with Gasteiger partial charge in [-0.05, 0) is 48.2 Å². The molecule has 1 spiro atoms. The SMILES string of the molecule is O=C(NCc1ccc(F)cc1)N1CCC2(CC1)C(=O)N(C1=CNC=NC1)C2c1ccc(Cl)cc1. The van der Waals surface area contributed by atoms with Gasteiger partial charge in [0.05, 0.1) is 30.0 Å². The Morgan fingerprint density at radius 3 is 2.50 bits per heavy atom. The van der Waals surface area contributed by atoms with Gasteiger partial charge in [-0.3, -0.25) is 9.79 Å². The molecule has 176 valence electrons. The Morgan fingerprint density at radius 2 is 1.85 bits per heavy atom. The predicted octanol–water partition coefficient (Wildman–Crippen LogP) is 3.83. The number of nitrogens with zero attached hydrogens (tertiary/aromatic N) is 3. The van der Waals surface area contributed by atoms with Crippen molar-refractivity contribution < 1.29 is 14.0 Å². The van der Waals surface area contributed by atoms with Gasteiger partial charge in [-0.15, -0.1) is 0 Å². The Hall–Kier alpha value is -3.39. The number of piperidine rings is 1. The zero-order chi connectivity index (χ0) is 23.7. The lowest BCUT2D eigenvalue weighted by molar-refractivity contribution is -0.174. The topological polar surface area (TPSA) is 77.0 Å². The van der Waals surface area contributed by atoms with Crippen LogP contribution in [-0.4, -0.2) is 47.7 Å². The molecule has 3 aliphatic rings. The summed E-state index contributed by atoms with van der Waals surface area (Å²) in [5.74, 6) is -0.235. The van der Waals surface area contributed by atoms with E-state index in [1.54, 1.807) is 23.4 Å². The van der Waals surface area contributed by atoms with E-state index < -0.39 is 5.41 Å². The third kappa shape index (κ3) is 4.03. The summed E-state index contributed by atoms with van der Waals surface area (Å²) in [6.45, 7) is 1.72. The number of likely N-dealkylation sites (tertiary alicyclic amines) is 2. The molecule has 2 aromatic rings. The Kier molecular flexibility index (Phi) is 6.00. The number of amides is 3. The van der Waals surface area contributed by atoms with Crippen LogP contribution >= 0.6 is 11.6 Å². The number of aliphatic imine (C=N–C) groups is 1. The van der Waals surface area contributed by atoms with E-state index in [-0.39, 0.29) is 23.8 Å². The van der Waals surface area contributed by atoms with Crippen LogP contribution in [0, 0.1) is 11.2 Å². The second-order valence-corrected chi connectivity index (χ2v) is 9.27. The van der Waals surface area contributed by atoms with Crippen molar-refractivity contribution in [3.05, 3.63) is 82.4 Å². The lowest BCUT2D eigenvalue weighted by Crippen LogP contribution is -2.66. The predicted molar refractivity (Wildman–Crippen MR) is 127 cm³/mol. The number of hydrogen-bond donors (Lipinski definition) is 2. The van der Waals surface area contributed by atoms with Gasteiger partial charge < -0.3 is 20.4 Å². The molecule has 1 atom stereocenters. The van der Waals surface area contributed by atoms with Crippen molar-refractivity contribution in [1.82, 2.24) is 20.4 Å². The van der Waals surface area contributed by atoms with E-state index >= 15 is 0 Å². The fraction of sp³-hybridized carbons (Fsp3) is 0.320. The smallest absolute Gasteiger partial charge is 0.317 e. The van der Waals surface area contributed by atoms with E-state index in [4.69, 9.17) is 11.6 Å². The van der Waals surface area contributed by atoms with E-state index in [0.29, 0.717) is 44.0 Å². The second-order valence-electron chi connectivity index (χ2n) is 8.83. The minimum Gasteiger partial charge on any atom is -0.351 e. The summed E-state index contributed by atoms with van der Waals surface area (Å²) in [5.41, 5.74) is 2.11. The zero-order valence-corrected chi connectivity index (χ0v) is 19.3. The standard InChI is InChI=1S/C25H25ClFN5O2/c26-19-5-3-18(4-6-19)22-25(23(33)32(22)21-14-28-16-29-15-21)9-11-31(12-10-25)24(34)30-13-17-1-7-20(27)8-2-17/h1-8,14,16,22H,9-13,15H2,(H,28,29)(H,30,34). The molecular weight excluding hydrogens is 457 g/mol. The normalized spacial score (nSPS) is 21.1. The number of carbonyl (C=O) groups excluding carboxylic acids is 2. The lowest BCUT2D eigenvalue weighted by atomic mass is 9.62. The first-order valence-electron chi connectivity index (χ1n) is 11.3. The van der Waals surface area contributed by atoms with Crippen molar-refractivity contribution in [1.29, 1.82) is 0 Å². The Balaban J connectivity index is 1.29. The average molecular weight is 482 g/mol. The molecule has 3 aliphatic heterocycles. The molecule has 0 radical (unpaired) electrons. The maximum Gasteiger partial charge on any atom is 0.317 e. The van der Waals surface area contributed by atoms with Crippen LogP contribution < -0.4 is 10.6 Å². The summed E-state index contributed by atoms with van der Waals surface area (Å²) in [5, 5.41) is 6.52. The third-order valence-electron chi connectivity index (χ3n) is 6.89. The van der Waals surface area contributed by atoms with Gasteiger partial charge in [0.1, 0.15) is 5.82 Å². The van der Waals surface area contributed by atoms with Crippen LogP contribution in [0.5, 0.6) is 0 Å². The molecule has 0 saturated carbocycles. The number of β-lactam (4-membered cyclic amide) rings is 1. The molecule has 2 aromatic carbocycles. The molecule has 1 unspecified atom stereocenters. The van der Waals surface area contributed by atoms with Gasteiger partial charge in [-0.2, -0.15) is 0 Å². The number of carbonyl (C=O) groups is 2. The van der Waals surface area contributed by atoms with Gasteiger partial charge in [0.25, 0.3) is 0 Å². The van der Waals surface area contributed by atoms with Crippen molar-refractivity contribution >= 4 is 29.9 Å². The fourth-order valence-electron chi connectivity index (χ4n) is 5.07. The van der Waals surface area contributed by atoms with E-state index in [2.05, 4.69) is 15.6 Å². The fourth-order valence-corrected chi connectivity index (χ4v) is 5.20. The molecule has 0 aromatic heterocycles. The summed E-state index contributed by atoms with van der Waals surface area (Å²) in [7, 11) is 0. The van der Waals surface area contributed by atoms with Crippen LogP contribution in [0.4, 0.5) is 9.18 Å². The van der Waals surface area contributed by atoms with Crippen LogP contribution in [0.25, 0.3) is 0 Å². The molecule has 34 heavy (non-hydrogen) atoms. The lowest BCUT2D eigenvalue weighted by Gasteiger charge is -2.59. The van der Waals surface area contributed by atoms with Crippen LogP contribution in [0.15, 0.2) is 65.4 Å². The number of hydrogen-bond acceptors (Lipinski definition) is 4. The van der Waals surface area contributed by atoms with E-state index in [9.17, 15) is 14.0 Å². The van der Waals surface area contributed by atoms with Crippen molar-refractivity contribution in [2.24, 2.45) is 10.4 Å². The molecule has 0 bridgehead atoms. The first kappa shape index (κ1) is 22.4. The van der Waals surface area contributed by atoms with Crippen LogP contribution in [0.2, 0.25) is 5.02 Å². The average Bonchev–Trinajstić information content (AvgIpc) is 2.88. The Labute approximate surface area is 202 Å². The monoisotopic (exact) mass is 481 g/mol. The summed E-state index contributed by atoms with van der Waals surface area (Å²) in [6.07, 6.45) is 4.58. The van der Waals surface area contributed by atoms with Crippen LogP contribution in [-0.2, 0) is 11.3 Å². The summed E-state index contributed by atoms with van der Waals surface area (Å²) in [4.78, 5) is 34.1. The van der Waals surface area contributed by atoms with Gasteiger partial charge in [0, 0.05) is 30.9 Å². The van der Waals surface area contributed by atoms with Crippen molar-refractivity contribution in [2.45, 2.75) is 25.4 Å². The minimum atomic E-state index is -0.566. The number of benzene rings is 2. The Bertz CT molecular complexity index is 1140. The number of urea groups is 1. The van der Waals surface area contributed by atoms with Gasteiger partial charge in [0.2, 0.25) is 5.91 Å². The van der Waals surface area contributed by atoms with Gasteiger partial charge in [0.15, 0.2) is 0 Å². The number of nitrogens with one attached hydrogen (secondary N) is 2. The highest BCUT2D eigenvalue weighted by Gasteiger charge is 2.62. The number of halogens is 2. The highest BCUT2D eigenvalue weighted by Crippen LogP contribution is 2.57. The molecule has 5 rings (SSSR count). The van der Waals surface area contributed by atoms with Crippen LogP contribution in [0.3, 0.4) is 0 Å². The highest BCUT2D eigenvalue weighted by atomic mass is 35.5. The third-order valence-corrected chi connectivity index (χ3v) is 7.14. The molecule has 7 nitrogen and oxygen atoms in total. The van der Waals surface area contributed by atoms with E-state index in [0.717, 1.165) is 16.8 Å². The summed E-state index contributed by atoms with van der Waals surface area (Å²) >= 11 is 6.11. The van der Waals surface area contributed by atoms with Crippen LogP contribution in [0.1, 0.15) is 30.0 Å². The Morgan fingerprint density at radius 1 is 1.15 bits per heavy atom. The molecule has 3 heterocycles. The molecule has 0 aliphatic carbocycles. The van der Waals surface area contributed by atoms with E-state index in [1.807, 2.05) is 35.4 Å². The number of rotatable bonds is 4. The van der Waals surface area contributed by atoms with Gasteiger partial charge >= 0.3 is 6.03 Å². The molecule has 2 saturated heterocycles. The first-order valence-corrected chi connectivity index (χ1v) is 11.7.